The smallest absolute Gasteiger partial charge is 0.357 e. The third-order valence-corrected chi connectivity index (χ3v) is 3.37. The number of hydrogen-bond acceptors (Lipinski definition) is 5. The fourth-order valence-electron chi connectivity index (χ4n) is 1.99. The number of carboxylic acids is 1. The topological polar surface area (TPSA) is 118 Å². The van der Waals surface area contributed by atoms with E-state index < -0.39 is 23.3 Å². The SMILES string of the molecule is COC(=O)c1c(N)c(C#N)cn1-c1cc(C(=O)O)c(F)cc1Cl. The zero-order valence-corrected chi connectivity index (χ0v) is 12.4. The van der Waals surface area contributed by atoms with E-state index in [1.54, 1.807) is 6.07 Å². The molecular weight excluding hydrogens is 329 g/mol. The average Bonchev–Trinajstić information content (AvgIpc) is 2.82. The van der Waals surface area contributed by atoms with Crippen LogP contribution in [0.25, 0.3) is 5.69 Å². The molecule has 0 bridgehead atoms. The summed E-state index contributed by atoms with van der Waals surface area (Å²) in [5.74, 6) is -3.41. The van der Waals surface area contributed by atoms with Gasteiger partial charge in [0.25, 0.3) is 0 Å². The number of rotatable bonds is 3. The zero-order valence-electron chi connectivity index (χ0n) is 11.6. The van der Waals surface area contributed by atoms with Crippen LogP contribution in [0.2, 0.25) is 5.02 Å². The zero-order chi connectivity index (χ0) is 17.3. The molecule has 0 aliphatic carbocycles. The van der Waals surface area contributed by atoms with Crippen molar-refractivity contribution in [1.29, 1.82) is 5.26 Å². The van der Waals surface area contributed by atoms with Crippen LogP contribution in [0, 0.1) is 17.1 Å². The first-order chi connectivity index (χ1) is 10.8. The Kier molecular flexibility index (Phi) is 4.24. The minimum absolute atomic E-state index is 0.0286. The van der Waals surface area contributed by atoms with Crippen molar-refractivity contribution in [3.05, 3.63) is 46.0 Å². The first-order valence-corrected chi connectivity index (χ1v) is 6.41. The Bertz CT molecular complexity index is 870. The van der Waals surface area contributed by atoms with E-state index >= 15 is 0 Å². The minimum atomic E-state index is -1.51. The molecule has 3 N–H and O–H groups in total. The molecule has 0 saturated carbocycles. The Morgan fingerprint density at radius 3 is 2.65 bits per heavy atom. The van der Waals surface area contributed by atoms with E-state index in [4.69, 9.17) is 27.7 Å². The van der Waals surface area contributed by atoms with E-state index in [1.165, 1.54) is 6.20 Å². The summed E-state index contributed by atoms with van der Waals surface area (Å²) in [5, 5.41) is 17.9. The fraction of sp³-hybridized carbons (Fsp3) is 0.0714. The Labute approximate surface area is 134 Å². The van der Waals surface area contributed by atoms with Gasteiger partial charge in [-0.05, 0) is 12.1 Å². The molecule has 1 aromatic heterocycles. The number of ether oxygens (including phenoxy) is 1. The molecule has 0 spiro atoms. The van der Waals surface area contributed by atoms with Crippen molar-refractivity contribution in [2.24, 2.45) is 0 Å². The summed E-state index contributed by atoms with van der Waals surface area (Å²) >= 11 is 5.94. The highest BCUT2D eigenvalue weighted by atomic mass is 35.5. The van der Waals surface area contributed by atoms with Gasteiger partial charge in [0.15, 0.2) is 5.69 Å². The molecule has 1 aromatic carbocycles. The van der Waals surface area contributed by atoms with Crippen LogP contribution in [0.4, 0.5) is 10.1 Å². The lowest BCUT2D eigenvalue weighted by atomic mass is 10.2. The van der Waals surface area contributed by atoms with Gasteiger partial charge in [-0.2, -0.15) is 5.26 Å². The Morgan fingerprint density at radius 2 is 2.13 bits per heavy atom. The van der Waals surface area contributed by atoms with Crippen LogP contribution in [-0.4, -0.2) is 28.7 Å². The number of anilines is 1. The number of methoxy groups -OCH3 is 1. The van der Waals surface area contributed by atoms with E-state index in [9.17, 15) is 14.0 Å². The number of hydrogen-bond donors (Lipinski definition) is 2. The molecular formula is C14H9ClFN3O4. The molecule has 2 rings (SSSR count). The van der Waals surface area contributed by atoms with Crippen molar-refractivity contribution in [1.82, 2.24) is 4.57 Å². The van der Waals surface area contributed by atoms with Gasteiger partial charge >= 0.3 is 11.9 Å². The van der Waals surface area contributed by atoms with Crippen molar-refractivity contribution in [2.45, 2.75) is 0 Å². The van der Waals surface area contributed by atoms with Gasteiger partial charge in [-0.15, -0.1) is 0 Å². The Balaban J connectivity index is 2.82. The maximum absolute atomic E-state index is 13.6. The second-order valence-corrected chi connectivity index (χ2v) is 4.77. The number of carbonyl (C=O) groups excluding carboxylic acids is 1. The van der Waals surface area contributed by atoms with Gasteiger partial charge in [-0.3, -0.25) is 0 Å². The number of aromatic nitrogens is 1. The average molecular weight is 338 g/mol. The van der Waals surface area contributed by atoms with E-state index in [2.05, 4.69) is 4.74 Å². The summed E-state index contributed by atoms with van der Waals surface area (Å²) in [6.07, 6.45) is 1.19. The molecule has 0 atom stereocenters. The van der Waals surface area contributed by atoms with Crippen LogP contribution < -0.4 is 5.73 Å². The second kappa shape index (κ2) is 5.98. The van der Waals surface area contributed by atoms with Crippen molar-refractivity contribution in [3.8, 4) is 11.8 Å². The number of halogens is 2. The van der Waals surface area contributed by atoms with Crippen molar-refractivity contribution < 1.29 is 23.8 Å². The van der Waals surface area contributed by atoms with Crippen molar-refractivity contribution in [2.75, 3.05) is 12.8 Å². The van der Waals surface area contributed by atoms with E-state index in [0.717, 1.165) is 23.8 Å². The number of nitrogens with two attached hydrogens (primary N) is 1. The molecule has 7 nitrogen and oxygen atoms in total. The molecule has 0 aliphatic heterocycles. The van der Waals surface area contributed by atoms with Gasteiger partial charge in [0, 0.05) is 6.20 Å². The number of nitriles is 1. The lowest BCUT2D eigenvalue weighted by Gasteiger charge is -2.11. The van der Waals surface area contributed by atoms with Crippen LogP contribution in [-0.2, 0) is 4.74 Å². The quantitative estimate of drug-likeness (QED) is 0.829. The third-order valence-electron chi connectivity index (χ3n) is 3.07. The summed E-state index contributed by atoms with van der Waals surface area (Å²) in [5.41, 5.74) is 4.64. The number of carboxylic acid groups (broad SMARTS) is 1. The van der Waals surface area contributed by atoms with Crippen molar-refractivity contribution in [3.63, 3.8) is 0 Å². The van der Waals surface area contributed by atoms with Crippen LogP contribution in [0.3, 0.4) is 0 Å². The fourth-order valence-corrected chi connectivity index (χ4v) is 2.23. The highest BCUT2D eigenvalue weighted by Gasteiger charge is 2.24. The number of benzene rings is 1. The lowest BCUT2D eigenvalue weighted by Crippen LogP contribution is -2.12. The number of nitrogens with zero attached hydrogens (tertiary/aromatic N) is 2. The predicted octanol–water partition coefficient (Wildman–Crippen LogP) is 2.21. The molecule has 1 heterocycles. The summed E-state index contributed by atoms with van der Waals surface area (Å²) < 4.78 is 19.3. The van der Waals surface area contributed by atoms with Gasteiger partial charge in [-0.1, -0.05) is 11.6 Å². The highest BCUT2D eigenvalue weighted by molar-refractivity contribution is 6.32. The van der Waals surface area contributed by atoms with Gasteiger partial charge in [-0.25, -0.2) is 14.0 Å². The van der Waals surface area contributed by atoms with Gasteiger partial charge in [0.1, 0.15) is 11.9 Å². The Morgan fingerprint density at radius 1 is 1.48 bits per heavy atom. The normalized spacial score (nSPS) is 10.2. The van der Waals surface area contributed by atoms with Crippen molar-refractivity contribution >= 4 is 29.2 Å². The molecule has 0 fully saturated rings. The van der Waals surface area contributed by atoms with E-state index in [-0.39, 0.29) is 27.7 Å². The largest absolute Gasteiger partial charge is 0.478 e. The minimum Gasteiger partial charge on any atom is -0.478 e. The molecule has 0 saturated heterocycles. The Hall–Kier alpha value is -3.05. The number of carbonyl (C=O) groups is 2. The molecule has 0 radical (unpaired) electrons. The monoisotopic (exact) mass is 337 g/mol. The number of esters is 1. The molecule has 23 heavy (non-hydrogen) atoms. The summed E-state index contributed by atoms with van der Waals surface area (Å²) in [6.45, 7) is 0. The standard InChI is InChI=1S/C14H9ClFN3O4/c1-23-14(22)12-11(18)6(4-17)5-19(12)10-2-7(13(20)21)9(16)3-8(10)15/h2-3,5H,18H2,1H3,(H,20,21). The highest BCUT2D eigenvalue weighted by Crippen LogP contribution is 2.30. The molecule has 0 aliphatic rings. The summed E-state index contributed by atoms with van der Waals surface area (Å²) in [4.78, 5) is 22.9. The maximum atomic E-state index is 13.6. The number of aromatic carboxylic acids is 1. The van der Waals surface area contributed by atoms with Gasteiger partial charge < -0.3 is 20.1 Å². The van der Waals surface area contributed by atoms with E-state index in [1.807, 2.05) is 0 Å². The van der Waals surface area contributed by atoms with Crippen LogP contribution in [0.15, 0.2) is 18.3 Å². The van der Waals surface area contributed by atoms with Crippen LogP contribution in [0.1, 0.15) is 26.4 Å². The summed E-state index contributed by atoms with van der Waals surface area (Å²) in [6, 6.07) is 3.52. The molecule has 9 heteroatoms. The van der Waals surface area contributed by atoms with Crippen LogP contribution >= 0.6 is 11.6 Å². The van der Waals surface area contributed by atoms with Gasteiger partial charge in [0.05, 0.1) is 34.6 Å². The first-order valence-electron chi connectivity index (χ1n) is 6.03. The predicted molar refractivity (Wildman–Crippen MR) is 78.2 cm³/mol. The van der Waals surface area contributed by atoms with Gasteiger partial charge in [0.2, 0.25) is 0 Å². The maximum Gasteiger partial charge on any atom is 0.357 e. The molecule has 0 unspecified atom stereocenters. The van der Waals surface area contributed by atoms with Crippen LogP contribution in [0.5, 0.6) is 0 Å². The summed E-state index contributed by atoms with van der Waals surface area (Å²) in [7, 11) is 1.11. The van der Waals surface area contributed by atoms with E-state index in [0.29, 0.717) is 0 Å². The number of nitrogen functional groups attached to an aromatic ring is 1. The molecule has 0 amide bonds. The second-order valence-electron chi connectivity index (χ2n) is 4.37. The molecule has 118 valence electrons. The first kappa shape index (κ1) is 16.3. The lowest BCUT2D eigenvalue weighted by molar-refractivity contribution is 0.0592. The molecule has 2 aromatic rings. The third kappa shape index (κ3) is 2.69.